The molecule has 0 atom stereocenters. The van der Waals surface area contributed by atoms with Gasteiger partial charge in [0.25, 0.3) is 0 Å². The maximum Gasteiger partial charge on any atom is 0.336 e. The third-order valence-corrected chi connectivity index (χ3v) is 5.64. The van der Waals surface area contributed by atoms with E-state index >= 15 is 0 Å². The summed E-state index contributed by atoms with van der Waals surface area (Å²) in [4.78, 5) is 20.9. The number of aromatic hydroxyl groups is 1. The van der Waals surface area contributed by atoms with Crippen molar-refractivity contribution in [3.05, 3.63) is 39.5 Å². The Morgan fingerprint density at radius 2 is 1.92 bits per heavy atom. The Morgan fingerprint density at radius 1 is 1.29 bits per heavy atom. The van der Waals surface area contributed by atoms with Crippen LogP contribution in [0.5, 0.6) is 5.75 Å². The summed E-state index contributed by atoms with van der Waals surface area (Å²) in [6.45, 7) is 1.18. The van der Waals surface area contributed by atoms with Crippen LogP contribution in [0.15, 0.2) is 29.6 Å². The van der Waals surface area contributed by atoms with Crippen LogP contribution in [0.2, 0.25) is 4.34 Å². The number of amides is 1. The van der Waals surface area contributed by atoms with Crippen LogP contribution < -0.4 is 9.67 Å². The Hall–Kier alpha value is -1.77. The van der Waals surface area contributed by atoms with Crippen molar-refractivity contribution in [2.24, 2.45) is 0 Å². The van der Waals surface area contributed by atoms with E-state index in [1.54, 1.807) is 0 Å². The number of benzene rings is 1. The van der Waals surface area contributed by atoms with Crippen molar-refractivity contribution in [2.75, 3.05) is 5.32 Å². The molecule has 0 unspecified atom stereocenters. The standard InChI is InChI=1S/C8H10AsNO5.C5H3ClO2S/c1-5(11)10-8-6(9(13,14)15)3-2-4-7(8)12;6-4-1-3(2-9-4)5(7)8/h2-4,12H,1H3,(H,10,11)(H2,13,14,15);1-2H,(H,7,8). The second-order valence-electron chi connectivity index (χ2n) is 4.34. The van der Waals surface area contributed by atoms with E-state index in [4.69, 9.17) is 24.9 Å². The predicted molar refractivity (Wildman–Crippen MR) is 89.2 cm³/mol. The van der Waals surface area contributed by atoms with E-state index in [0.29, 0.717) is 4.34 Å². The molecule has 0 aliphatic carbocycles. The second-order valence-corrected chi connectivity index (χ2v) is 9.18. The minimum atomic E-state index is -5.14. The number of anilines is 1. The van der Waals surface area contributed by atoms with Gasteiger partial charge in [-0.1, -0.05) is 11.6 Å². The molecule has 0 aliphatic heterocycles. The van der Waals surface area contributed by atoms with E-state index in [1.807, 2.05) is 0 Å². The van der Waals surface area contributed by atoms with E-state index in [-0.39, 0.29) is 21.4 Å². The number of aromatic carboxylic acids is 1. The minimum Gasteiger partial charge on any atom is -0.478 e. The number of thiophene rings is 1. The number of nitrogens with one attached hydrogen (secondary N) is 1. The number of phenolic OH excluding ortho intramolecular Hbond substituents is 1. The molecule has 0 spiro atoms. The van der Waals surface area contributed by atoms with Gasteiger partial charge in [0, 0.05) is 5.38 Å². The van der Waals surface area contributed by atoms with Gasteiger partial charge in [0.05, 0.1) is 9.90 Å². The molecule has 0 aliphatic rings. The van der Waals surface area contributed by atoms with Gasteiger partial charge in [-0.3, -0.25) is 0 Å². The fourth-order valence-electron chi connectivity index (χ4n) is 1.50. The molecule has 1 heterocycles. The van der Waals surface area contributed by atoms with Crippen LogP contribution in [0, 0.1) is 0 Å². The number of carbonyl (C=O) groups excluding carboxylic acids is 1. The quantitative estimate of drug-likeness (QED) is 0.356. The van der Waals surface area contributed by atoms with Gasteiger partial charge in [0.15, 0.2) is 0 Å². The van der Waals surface area contributed by atoms with Crippen LogP contribution in [-0.4, -0.2) is 44.5 Å². The number of carboxylic acids is 1. The molecule has 1 amide bonds. The monoisotopic (exact) mass is 437 g/mol. The molecule has 2 aromatic rings. The Labute approximate surface area is 148 Å². The molecule has 11 heteroatoms. The first-order valence-corrected chi connectivity index (χ1v) is 10.8. The van der Waals surface area contributed by atoms with Crippen molar-refractivity contribution in [1.29, 1.82) is 0 Å². The van der Waals surface area contributed by atoms with E-state index in [2.05, 4.69) is 5.32 Å². The van der Waals surface area contributed by atoms with E-state index in [1.165, 1.54) is 47.9 Å². The molecular weight excluding hydrogens is 425 g/mol. The minimum absolute atomic E-state index is 0.225. The van der Waals surface area contributed by atoms with Crippen LogP contribution in [0.25, 0.3) is 0 Å². The van der Waals surface area contributed by atoms with Crippen molar-refractivity contribution < 1.29 is 31.7 Å². The maximum atomic E-state index is 11.1. The molecule has 5 N–H and O–H groups in total. The summed E-state index contributed by atoms with van der Waals surface area (Å²) in [5.41, 5.74) is 0.0301. The van der Waals surface area contributed by atoms with E-state index in [0.717, 1.165) is 0 Å². The number of hydrogen-bond acceptors (Lipinski definition) is 5. The number of halogens is 1. The van der Waals surface area contributed by atoms with Gasteiger partial charge >= 0.3 is 94.1 Å². The van der Waals surface area contributed by atoms with Crippen LogP contribution in [0.3, 0.4) is 0 Å². The van der Waals surface area contributed by atoms with Crippen LogP contribution in [0.1, 0.15) is 17.3 Å². The zero-order chi connectivity index (χ0) is 18.5. The summed E-state index contributed by atoms with van der Waals surface area (Å²) in [5.74, 6) is -1.81. The molecule has 8 nitrogen and oxygen atoms in total. The van der Waals surface area contributed by atoms with Gasteiger partial charge in [-0.15, -0.1) is 11.3 Å². The largest absolute Gasteiger partial charge is 0.478 e. The van der Waals surface area contributed by atoms with Gasteiger partial charge in [-0.25, -0.2) is 4.79 Å². The van der Waals surface area contributed by atoms with Crippen molar-refractivity contribution in [1.82, 2.24) is 0 Å². The number of carbonyl (C=O) groups is 2. The summed E-state index contributed by atoms with van der Waals surface area (Å²) in [6.07, 6.45) is 0. The third-order valence-electron chi connectivity index (χ3n) is 2.45. The molecule has 0 bridgehead atoms. The predicted octanol–water partition coefficient (Wildman–Crippen LogP) is 1.01. The molecule has 24 heavy (non-hydrogen) atoms. The van der Waals surface area contributed by atoms with E-state index in [9.17, 15) is 18.4 Å². The SMILES string of the molecule is CC(=O)Nc1c(O)cccc1[As](=O)(O)O.O=C(O)c1csc(Cl)c1. The number of rotatable bonds is 3. The fourth-order valence-corrected chi connectivity index (χ4v) is 3.91. The number of hydrogen-bond donors (Lipinski definition) is 5. The van der Waals surface area contributed by atoms with Gasteiger partial charge in [-0.2, -0.15) is 0 Å². The van der Waals surface area contributed by atoms with Crippen molar-refractivity contribution >= 4 is 59.0 Å². The molecule has 1 aromatic carbocycles. The van der Waals surface area contributed by atoms with E-state index < -0.39 is 26.0 Å². The van der Waals surface area contributed by atoms with Crippen molar-refractivity contribution in [3.63, 3.8) is 0 Å². The number of phenols is 1. The normalized spacial score (nSPS) is 10.5. The van der Waals surface area contributed by atoms with Crippen LogP contribution in [-0.2, 0) is 8.53 Å². The third kappa shape index (κ3) is 6.03. The molecule has 0 fully saturated rings. The van der Waals surface area contributed by atoms with Crippen LogP contribution in [0.4, 0.5) is 5.69 Å². The summed E-state index contributed by atoms with van der Waals surface area (Å²) in [5, 5.41) is 21.4. The van der Waals surface area contributed by atoms with Gasteiger partial charge in [0.1, 0.15) is 0 Å². The smallest absolute Gasteiger partial charge is 0.336 e. The first-order valence-electron chi connectivity index (χ1n) is 6.15. The zero-order valence-corrected chi connectivity index (χ0v) is 15.6. The summed E-state index contributed by atoms with van der Waals surface area (Å²) in [6, 6.07) is 5.14. The Bertz CT molecular complexity index is 801. The molecular formula is C13H13AsClNO7S. The Morgan fingerprint density at radius 3 is 2.29 bits per heavy atom. The van der Waals surface area contributed by atoms with Gasteiger partial charge in [0.2, 0.25) is 0 Å². The fraction of sp³-hybridized carbons (Fsp3) is 0.0769. The summed E-state index contributed by atoms with van der Waals surface area (Å²) in [7, 11) is 0. The molecule has 2 rings (SSSR count). The average Bonchev–Trinajstić information content (AvgIpc) is 2.87. The zero-order valence-electron chi connectivity index (χ0n) is 12.1. The second kappa shape index (κ2) is 8.36. The number of carboxylic acid groups (broad SMARTS) is 1. The Kier molecular flexibility index (Phi) is 7.06. The maximum absolute atomic E-state index is 11.1. The summed E-state index contributed by atoms with van der Waals surface area (Å²) >= 11 is 1.54. The number of para-hydroxylation sites is 1. The summed E-state index contributed by atoms with van der Waals surface area (Å²) < 4.78 is 29.3. The Balaban J connectivity index is 0.000000272. The topological polar surface area (TPSA) is 144 Å². The first-order chi connectivity index (χ1) is 11.0. The molecule has 0 saturated carbocycles. The van der Waals surface area contributed by atoms with Crippen molar-refractivity contribution in [2.45, 2.75) is 6.92 Å². The van der Waals surface area contributed by atoms with Gasteiger partial charge < -0.3 is 5.11 Å². The van der Waals surface area contributed by atoms with Gasteiger partial charge in [-0.05, 0) is 6.07 Å². The molecule has 0 saturated heterocycles. The first kappa shape index (κ1) is 20.3. The van der Waals surface area contributed by atoms with Crippen molar-refractivity contribution in [3.8, 4) is 5.75 Å². The molecule has 0 radical (unpaired) electrons. The van der Waals surface area contributed by atoms with Crippen LogP contribution >= 0.6 is 22.9 Å². The average molecular weight is 438 g/mol. The molecule has 1 aromatic heterocycles. The molecule has 130 valence electrons.